The van der Waals surface area contributed by atoms with E-state index in [1.165, 1.54) is 25.3 Å². The first-order valence-corrected chi connectivity index (χ1v) is 5.92. The van der Waals surface area contributed by atoms with Crippen LogP contribution in [0.5, 0.6) is 0 Å². The zero-order valence-corrected chi connectivity index (χ0v) is 10.8. The van der Waals surface area contributed by atoms with Gasteiger partial charge in [-0.15, -0.1) is 0 Å². The van der Waals surface area contributed by atoms with E-state index in [0.717, 1.165) is 0 Å². The number of rotatable bonds is 3. The summed E-state index contributed by atoms with van der Waals surface area (Å²) in [5, 5.41) is 5.28. The van der Waals surface area contributed by atoms with Gasteiger partial charge in [0, 0.05) is 36.1 Å². The van der Waals surface area contributed by atoms with Crippen LogP contribution in [-0.2, 0) is 4.79 Å². The number of carbonyl (C=O) groups excluding carboxylic acids is 2. The van der Waals surface area contributed by atoms with Crippen LogP contribution < -0.4 is 16.2 Å². The highest BCUT2D eigenvalue weighted by Crippen LogP contribution is 2.15. The van der Waals surface area contributed by atoms with Crippen LogP contribution in [0.25, 0.3) is 0 Å². The van der Waals surface area contributed by atoms with E-state index >= 15 is 0 Å². The molecule has 2 rings (SSSR count). The maximum absolute atomic E-state index is 11.9. The van der Waals surface area contributed by atoms with Crippen molar-refractivity contribution in [1.29, 1.82) is 0 Å². The van der Waals surface area contributed by atoms with Crippen molar-refractivity contribution in [1.82, 2.24) is 4.98 Å². The highest BCUT2D eigenvalue weighted by Gasteiger charge is 2.07. The second-order valence-corrected chi connectivity index (χ2v) is 4.16. The molecule has 20 heavy (non-hydrogen) atoms. The minimum atomic E-state index is -0.393. The monoisotopic (exact) mass is 271 g/mol. The van der Waals surface area contributed by atoms with Crippen molar-refractivity contribution in [3.05, 3.63) is 58.5 Å². The summed E-state index contributed by atoms with van der Waals surface area (Å²) in [6, 6.07) is 9.47. The molecule has 0 fully saturated rings. The van der Waals surface area contributed by atoms with E-state index in [1.54, 1.807) is 24.3 Å². The van der Waals surface area contributed by atoms with Crippen LogP contribution in [0.1, 0.15) is 17.3 Å². The fourth-order valence-corrected chi connectivity index (χ4v) is 1.67. The minimum absolute atomic E-state index is 0.192. The molecular weight excluding hydrogens is 258 g/mol. The third-order valence-electron chi connectivity index (χ3n) is 2.48. The topological polar surface area (TPSA) is 91.1 Å². The Morgan fingerprint density at radius 2 is 1.75 bits per heavy atom. The number of aromatic amines is 1. The largest absolute Gasteiger partial charge is 0.329 e. The molecule has 0 saturated carbocycles. The fraction of sp³-hybridized carbons (Fsp3) is 0.0714. The minimum Gasteiger partial charge on any atom is -0.329 e. The number of pyridine rings is 1. The molecule has 2 aromatic rings. The summed E-state index contributed by atoms with van der Waals surface area (Å²) in [5.74, 6) is -0.584. The summed E-state index contributed by atoms with van der Waals surface area (Å²) in [7, 11) is 0. The summed E-state index contributed by atoms with van der Waals surface area (Å²) in [5.41, 5.74) is 1.03. The predicted molar refractivity (Wildman–Crippen MR) is 75.8 cm³/mol. The molecule has 1 heterocycles. The number of H-pyrrole nitrogens is 1. The molecule has 0 aliphatic rings. The molecule has 102 valence electrons. The molecule has 3 N–H and O–H groups in total. The molecule has 0 radical (unpaired) electrons. The summed E-state index contributed by atoms with van der Waals surface area (Å²) in [6.45, 7) is 1.40. The molecule has 2 amide bonds. The van der Waals surface area contributed by atoms with Crippen molar-refractivity contribution in [3.63, 3.8) is 0 Å². The SMILES string of the molecule is CC(=O)Nc1cccc(NC(=O)c2cc[nH]c(=O)c2)c1. The molecule has 0 saturated heterocycles. The van der Waals surface area contributed by atoms with Gasteiger partial charge < -0.3 is 15.6 Å². The number of hydrogen-bond acceptors (Lipinski definition) is 3. The predicted octanol–water partition coefficient (Wildman–Crippen LogP) is 1.59. The first-order chi connectivity index (χ1) is 9.54. The van der Waals surface area contributed by atoms with Gasteiger partial charge in [0.1, 0.15) is 0 Å². The zero-order chi connectivity index (χ0) is 14.5. The van der Waals surface area contributed by atoms with E-state index in [2.05, 4.69) is 15.6 Å². The number of hydrogen-bond donors (Lipinski definition) is 3. The maximum Gasteiger partial charge on any atom is 0.255 e. The van der Waals surface area contributed by atoms with Crippen molar-refractivity contribution < 1.29 is 9.59 Å². The average molecular weight is 271 g/mol. The normalized spacial score (nSPS) is 9.85. The third-order valence-corrected chi connectivity index (χ3v) is 2.48. The Bertz CT molecular complexity index is 707. The van der Waals surface area contributed by atoms with E-state index in [0.29, 0.717) is 11.4 Å². The number of carbonyl (C=O) groups is 2. The zero-order valence-electron chi connectivity index (χ0n) is 10.8. The number of anilines is 2. The van der Waals surface area contributed by atoms with Gasteiger partial charge in [-0.2, -0.15) is 0 Å². The van der Waals surface area contributed by atoms with Crippen molar-refractivity contribution in [2.24, 2.45) is 0 Å². The van der Waals surface area contributed by atoms with Crippen molar-refractivity contribution in [2.45, 2.75) is 6.92 Å². The van der Waals surface area contributed by atoms with Crippen LogP contribution in [0.3, 0.4) is 0 Å². The highest BCUT2D eigenvalue weighted by molar-refractivity contribution is 6.04. The second-order valence-electron chi connectivity index (χ2n) is 4.16. The van der Waals surface area contributed by atoms with Crippen LogP contribution in [-0.4, -0.2) is 16.8 Å². The van der Waals surface area contributed by atoms with Gasteiger partial charge in [-0.05, 0) is 24.3 Å². The molecule has 0 atom stereocenters. The molecule has 1 aromatic heterocycles. The standard InChI is InChI=1S/C14H13N3O3/c1-9(18)16-11-3-2-4-12(8-11)17-14(20)10-5-6-15-13(19)7-10/h2-8H,1H3,(H,15,19)(H,16,18)(H,17,20). The number of amides is 2. The van der Waals surface area contributed by atoms with Crippen molar-refractivity contribution in [2.75, 3.05) is 10.6 Å². The summed E-state index contributed by atoms with van der Waals surface area (Å²) < 4.78 is 0. The molecule has 0 aliphatic heterocycles. The first-order valence-electron chi connectivity index (χ1n) is 5.92. The third kappa shape index (κ3) is 3.55. The summed E-state index contributed by atoms with van der Waals surface area (Å²) in [6.07, 6.45) is 1.41. The lowest BCUT2D eigenvalue weighted by atomic mass is 10.2. The van der Waals surface area contributed by atoms with Crippen LogP contribution in [0.15, 0.2) is 47.4 Å². The molecule has 0 bridgehead atoms. The number of aromatic nitrogens is 1. The van der Waals surface area contributed by atoms with Crippen molar-refractivity contribution >= 4 is 23.2 Å². The van der Waals surface area contributed by atoms with Gasteiger partial charge in [-0.1, -0.05) is 6.07 Å². The molecule has 6 nitrogen and oxygen atoms in total. The highest BCUT2D eigenvalue weighted by atomic mass is 16.2. The number of nitrogens with one attached hydrogen (secondary N) is 3. The molecule has 0 unspecified atom stereocenters. The fourth-order valence-electron chi connectivity index (χ4n) is 1.67. The Morgan fingerprint density at radius 1 is 1.05 bits per heavy atom. The Hall–Kier alpha value is -2.89. The summed E-state index contributed by atoms with van der Waals surface area (Å²) >= 11 is 0. The van der Waals surface area contributed by atoms with E-state index in [-0.39, 0.29) is 17.0 Å². The molecule has 6 heteroatoms. The lowest BCUT2D eigenvalue weighted by molar-refractivity contribution is -0.114. The van der Waals surface area contributed by atoms with Crippen LogP contribution >= 0.6 is 0 Å². The lowest BCUT2D eigenvalue weighted by Gasteiger charge is -2.07. The van der Waals surface area contributed by atoms with Crippen LogP contribution in [0, 0.1) is 0 Å². The quantitative estimate of drug-likeness (QED) is 0.791. The van der Waals surface area contributed by atoms with E-state index in [9.17, 15) is 14.4 Å². The van der Waals surface area contributed by atoms with Gasteiger partial charge in [0.15, 0.2) is 0 Å². The van der Waals surface area contributed by atoms with Gasteiger partial charge in [0.2, 0.25) is 11.5 Å². The molecule has 1 aromatic carbocycles. The molecular formula is C14H13N3O3. The Morgan fingerprint density at radius 3 is 2.40 bits per heavy atom. The smallest absolute Gasteiger partial charge is 0.255 e. The molecule has 0 aliphatic carbocycles. The lowest BCUT2D eigenvalue weighted by Crippen LogP contribution is -2.15. The van der Waals surface area contributed by atoms with E-state index < -0.39 is 5.91 Å². The average Bonchev–Trinajstić information content (AvgIpc) is 2.38. The Kier molecular flexibility index (Phi) is 3.95. The van der Waals surface area contributed by atoms with E-state index in [4.69, 9.17) is 0 Å². The van der Waals surface area contributed by atoms with Gasteiger partial charge in [0.25, 0.3) is 5.91 Å². The van der Waals surface area contributed by atoms with Crippen molar-refractivity contribution in [3.8, 4) is 0 Å². The Balaban J connectivity index is 2.15. The molecule has 0 spiro atoms. The van der Waals surface area contributed by atoms with Gasteiger partial charge >= 0.3 is 0 Å². The second kappa shape index (κ2) is 5.83. The van der Waals surface area contributed by atoms with Gasteiger partial charge in [0.05, 0.1) is 0 Å². The summed E-state index contributed by atoms with van der Waals surface area (Å²) in [4.78, 5) is 36.5. The maximum atomic E-state index is 11.9. The van der Waals surface area contributed by atoms with Gasteiger partial charge in [-0.3, -0.25) is 14.4 Å². The van der Waals surface area contributed by atoms with E-state index in [1.807, 2.05) is 0 Å². The Labute approximate surface area is 114 Å². The van der Waals surface area contributed by atoms with Gasteiger partial charge in [-0.25, -0.2) is 0 Å². The van der Waals surface area contributed by atoms with Crippen LogP contribution in [0.2, 0.25) is 0 Å². The first kappa shape index (κ1) is 13.5. The van der Waals surface area contributed by atoms with Crippen LogP contribution in [0.4, 0.5) is 11.4 Å². The number of benzene rings is 1.